The number of urea groups is 1. The van der Waals surface area contributed by atoms with Gasteiger partial charge in [-0.3, -0.25) is 14.5 Å². The number of amides is 4. The van der Waals surface area contributed by atoms with Crippen molar-refractivity contribution in [2.45, 2.75) is 6.54 Å². The summed E-state index contributed by atoms with van der Waals surface area (Å²) in [6.45, 7) is -0.671. The number of methoxy groups -OCH3 is 1. The Kier molecular flexibility index (Phi) is 7.99. The number of benzene rings is 2. The van der Waals surface area contributed by atoms with E-state index in [9.17, 15) is 23.6 Å². The molecule has 0 spiro atoms. The maximum atomic E-state index is 13.3. The van der Waals surface area contributed by atoms with Crippen LogP contribution in [0, 0.1) is 5.82 Å². The van der Waals surface area contributed by atoms with Gasteiger partial charge in [0, 0.05) is 5.69 Å². The normalized spacial score (nSPS) is 14.0. The van der Waals surface area contributed by atoms with Crippen LogP contribution in [0.1, 0.15) is 21.9 Å². The summed E-state index contributed by atoms with van der Waals surface area (Å²) in [5.74, 6) is -2.26. The fourth-order valence-electron chi connectivity index (χ4n) is 3.41. The molecule has 0 aliphatic carbocycles. The molecule has 0 bridgehead atoms. The molecular formula is C25H18Cl2FN3O7. The number of nitrogens with zero attached hydrogens (tertiary/aromatic N) is 1. The van der Waals surface area contributed by atoms with Crippen LogP contribution in [-0.2, 0) is 20.9 Å². The zero-order chi connectivity index (χ0) is 27.4. The largest absolute Gasteiger partial charge is 0.481 e. The van der Waals surface area contributed by atoms with Gasteiger partial charge in [0.2, 0.25) is 5.76 Å². The minimum atomic E-state index is -0.696. The highest BCUT2D eigenvalue weighted by Crippen LogP contribution is 2.35. The maximum Gasteiger partial charge on any atom is 0.373 e. The molecule has 2 aromatic carbocycles. The van der Waals surface area contributed by atoms with Crippen molar-refractivity contribution in [1.29, 1.82) is 0 Å². The standard InChI is InChI=1S/C25H18Cl2FN3O7/c1-36-24(34)20-6-5-16(38-20)11-31-23(33)19(30-25(31)35)9-13-7-17(26)22(18(27)8-13)37-12-21(32)29-15-4-2-3-14(28)10-15/h2-10H,11-12H2,1H3,(H,29,32)(H,30,35)/b19-9-. The summed E-state index contributed by atoms with van der Waals surface area (Å²) in [4.78, 5) is 49.7. The Hall–Kier alpha value is -4.35. The molecule has 1 aromatic heterocycles. The molecule has 10 nitrogen and oxygen atoms in total. The van der Waals surface area contributed by atoms with Crippen LogP contribution < -0.4 is 15.4 Å². The quantitative estimate of drug-likeness (QED) is 0.233. The SMILES string of the molecule is COC(=O)c1ccc(CN2C(=O)N/C(=C\c3cc(Cl)c(OCC(=O)Nc4cccc(F)c4)c(Cl)c3)C2=O)o1. The van der Waals surface area contributed by atoms with Crippen LogP contribution in [0.25, 0.3) is 6.08 Å². The third-order valence-electron chi connectivity index (χ3n) is 5.11. The van der Waals surface area contributed by atoms with Gasteiger partial charge in [0.05, 0.1) is 23.7 Å². The van der Waals surface area contributed by atoms with Gasteiger partial charge in [0.25, 0.3) is 11.8 Å². The van der Waals surface area contributed by atoms with Crippen LogP contribution in [0.4, 0.5) is 14.9 Å². The van der Waals surface area contributed by atoms with Gasteiger partial charge < -0.3 is 24.5 Å². The first-order valence-corrected chi connectivity index (χ1v) is 11.6. The smallest absolute Gasteiger partial charge is 0.373 e. The van der Waals surface area contributed by atoms with Crippen molar-refractivity contribution in [1.82, 2.24) is 10.2 Å². The van der Waals surface area contributed by atoms with Crippen LogP contribution in [0.2, 0.25) is 10.0 Å². The molecule has 4 rings (SSSR count). The Balaban J connectivity index is 1.42. The molecule has 2 heterocycles. The first-order valence-electron chi connectivity index (χ1n) is 10.8. The number of carbonyl (C=O) groups is 4. The number of imide groups is 1. The molecule has 13 heteroatoms. The molecule has 1 aliphatic heterocycles. The summed E-state index contributed by atoms with van der Waals surface area (Å²) < 4.78 is 28.6. The van der Waals surface area contributed by atoms with Crippen LogP contribution >= 0.6 is 23.2 Å². The number of hydrogen-bond donors (Lipinski definition) is 2. The van der Waals surface area contributed by atoms with E-state index >= 15 is 0 Å². The van der Waals surface area contributed by atoms with Gasteiger partial charge in [-0.1, -0.05) is 29.3 Å². The molecule has 0 atom stereocenters. The minimum absolute atomic E-state index is 0.0208. The summed E-state index contributed by atoms with van der Waals surface area (Å²) in [6.07, 6.45) is 1.36. The van der Waals surface area contributed by atoms with Crippen molar-refractivity contribution in [2.24, 2.45) is 0 Å². The Morgan fingerprint density at radius 2 is 1.87 bits per heavy atom. The van der Waals surface area contributed by atoms with E-state index in [-0.39, 0.29) is 45.2 Å². The summed E-state index contributed by atoms with van der Waals surface area (Å²) in [6, 6.07) is 10.3. The molecule has 3 aromatic rings. The van der Waals surface area contributed by atoms with Gasteiger partial charge in [-0.2, -0.15) is 0 Å². The number of ether oxygens (including phenoxy) is 2. The zero-order valence-electron chi connectivity index (χ0n) is 19.5. The molecule has 1 aliphatic rings. The molecule has 0 saturated carbocycles. The Morgan fingerprint density at radius 1 is 1.13 bits per heavy atom. The first-order chi connectivity index (χ1) is 18.1. The van der Waals surface area contributed by atoms with Crippen LogP contribution in [0.3, 0.4) is 0 Å². The van der Waals surface area contributed by atoms with Crippen LogP contribution in [-0.4, -0.2) is 42.4 Å². The second-order valence-corrected chi connectivity index (χ2v) is 8.61. The van der Waals surface area contributed by atoms with Crippen LogP contribution in [0.15, 0.2) is 58.6 Å². The van der Waals surface area contributed by atoms with E-state index < -0.39 is 36.2 Å². The molecule has 0 radical (unpaired) electrons. The lowest BCUT2D eigenvalue weighted by atomic mass is 10.1. The van der Waals surface area contributed by atoms with E-state index in [1.807, 2.05) is 0 Å². The zero-order valence-corrected chi connectivity index (χ0v) is 21.1. The number of anilines is 1. The number of halogens is 3. The Labute approximate surface area is 224 Å². The molecule has 4 amide bonds. The van der Waals surface area contributed by atoms with Gasteiger partial charge in [-0.15, -0.1) is 0 Å². The fraction of sp³-hybridized carbons (Fsp3) is 0.120. The first kappa shape index (κ1) is 26.7. The van der Waals surface area contributed by atoms with Crippen molar-refractivity contribution in [2.75, 3.05) is 19.0 Å². The van der Waals surface area contributed by atoms with Gasteiger partial charge in [0.1, 0.15) is 17.3 Å². The van der Waals surface area contributed by atoms with Crippen molar-refractivity contribution < 1.29 is 37.5 Å². The van der Waals surface area contributed by atoms with Gasteiger partial charge in [-0.05, 0) is 54.1 Å². The Bertz CT molecular complexity index is 1450. The summed E-state index contributed by atoms with van der Waals surface area (Å²) in [5, 5.41) is 5.02. The van der Waals surface area contributed by atoms with E-state index in [1.54, 1.807) is 0 Å². The van der Waals surface area contributed by atoms with Gasteiger partial charge in [0.15, 0.2) is 12.4 Å². The van der Waals surface area contributed by atoms with E-state index in [2.05, 4.69) is 15.4 Å². The molecule has 38 heavy (non-hydrogen) atoms. The van der Waals surface area contributed by atoms with Crippen molar-refractivity contribution in [3.05, 3.63) is 87.2 Å². The molecule has 1 fully saturated rings. The third kappa shape index (κ3) is 6.13. The molecular weight excluding hydrogens is 544 g/mol. The molecule has 0 unspecified atom stereocenters. The summed E-state index contributed by atoms with van der Waals surface area (Å²) in [7, 11) is 1.20. The number of rotatable bonds is 8. The average Bonchev–Trinajstić information content (AvgIpc) is 3.43. The van der Waals surface area contributed by atoms with E-state index in [0.717, 1.165) is 11.0 Å². The lowest BCUT2D eigenvalue weighted by Gasteiger charge is -2.11. The lowest BCUT2D eigenvalue weighted by Crippen LogP contribution is -2.30. The topological polar surface area (TPSA) is 127 Å². The Morgan fingerprint density at radius 3 is 2.55 bits per heavy atom. The fourth-order valence-corrected chi connectivity index (χ4v) is 4.03. The van der Waals surface area contributed by atoms with Crippen molar-refractivity contribution in [3.8, 4) is 5.75 Å². The summed E-state index contributed by atoms with van der Waals surface area (Å²) in [5.41, 5.74) is 0.573. The molecule has 2 N–H and O–H groups in total. The predicted molar refractivity (Wildman–Crippen MR) is 134 cm³/mol. The maximum absolute atomic E-state index is 13.3. The van der Waals surface area contributed by atoms with E-state index in [0.29, 0.717) is 5.56 Å². The highest BCUT2D eigenvalue weighted by atomic mass is 35.5. The predicted octanol–water partition coefficient (Wildman–Crippen LogP) is 4.62. The van der Waals surface area contributed by atoms with Crippen molar-refractivity contribution in [3.63, 3.8) is 0 Å². The second-order valence-electron chi connectivity index (χ2n) is 7.80. The second kappa shape index (κ2) is 11.4. The van der Waals surface area contributed by atoms with Gasteiger partial charge >= 0.3 is 12.0 Å². The van der Waals surface area contributed by atoms with Gasteiger partial charge in [-0.25, -0.2) is 14.0 Å². The highest BCUT2D eigenvalue weighted by molar-refractivity contribution is 6.37. The van der Waals surface area contributed by atoms with E-state index in [1.165, 1.54) is 55.7 Å². The number of furan rings is 1. The summed E-state index contributed by atoms with van der Waals surface area (Å²) >= 11 is 12.5. The van der Waals surface area contributed by atoms with E-state index in [4.69, 9.17) is 32.4 Å². The number of carbonyl (C=O) groups excluding carboxylic acids is 4. The highest BCUT2D eigenvalue weighted by Gasteiger charge is 2.34. The average molecular weight is 562 g/mol. The number of nitrogens with one attached hydrogen (secondary N) is 2. The van der Waals surface area contributed by atoms with Crippen LogP contribution in [0.5, 0.6) is 5.75 Å². The van der Waals surface area contributed by atoms with Crippen molar-refractivity contribution >= 4 is 58.8 Å². The monoisotopic (exact) mass is 561 g/mol. The lowest BCUT2D eigenvalue weighted by molar-refractivity contribution is -0.123. The molecule has 1 saturated heterocycles. The number of hydrogen-bond acceptors (Lipinski definition) is 7. The molecule has 196 valence electrons. The third-order valence-corrected chi connectivity index (χ3v) is 5.67. The number of esters is 1. The minimum Gasteiger partial charge on any atom is -0.481 e.